The number of carboxylic acids is 1. The number of amides is 1. The van der Waals surface area contributed by atoms with Crippen molar-refractivity contribution >= 4 is 11.9 Å². The Kier molecular flexibility index (Phi) is 5.31. The van der Waals surface area contributed by atoms with E-state index in [2.05, 4.69) is 0 Å². The topological polar surface area (TPSA) is 66.8 Å². The predicted molar refractivity (Wildman–Crippen MR) is 85.8 cm³/mol. The maximum absolute atomic E-state index is 13.1. The third kappa shape index (κ3) is 4.05. The molecule has 1 aliphatic carbocycles. The Bertz CT molecular complexity index is 781. The van der Waals surface area contributed by atoms with Gasteiger partial charge in [-0.1, -0.05) is 6.42 Å². The first-order valence-electron chi connectivity index (χ1n) is 8.85. The van der Waals surface area contributed by atoms with Crippen LogP contribution in [0.3, 0.4) is 0 Å². The molecule has 1 aliphatic heterocycles. The van der Waals surface area contributed by atoms with E-state index in [4.69, 9.17) is 4.74 Å². The zero-order chi connectivity index (χ0) is 21.6. The van der Waals surface area contributed by atoms with Crippen LogP contribution in [0.25, 0.3) is 0 Å². The summed E-state index contributed by atoms with van der Waals surface area (Å²) in [5.41, 5.74) is -5.50. The van der Waals surface area contributed by atoms with Gasteiger partial charge in [0.1, 0.15) is 5.72 Å². The summed E-state index contributed by atoms with van der Waals surface area (Å²) in [5.74, 6) is -2.67. The lowest BCUT2D eigenvalue weighted by Crippen LogP contribution is -2.54. The van der Waals surface area contributed by atoms with Crippen molar-refractivity contribution in [1.29, 1.82) is 0 Å². The molecule has 1 aromatic carbocycles. The molecule has 160 valence electrons. The number of hydrogen-bond donors (Lipinski definition) is 1. The highest BCUT2D eigenvalue weighted by Gasteiger charge is 2.53. The summed E-state index contributed by atoms with van der Waals surface area (Å²) in [6, 6.07) is -0.955. The molecule has 1 atom stereocenters. The van der Waals surface area contributed by atoms with Gasteiger partial charge in [0.2, 0.25) is 0 Å². The quantitative estimate of drug-likeness (QED) is 0.718. The second-order valence-electron chi connectivity index (χ2n) is 7.14. The van der Waals surface area contributed by atoms with Gasteiger partial charge in [0.25, 0.3) is 5.91 Å². The highest BCUT2D eigenvalue weighted by molar-refractivity contribution is 5.98. The first-order chi connectivity index (χ1) is 13.3. The van der Waals surface area contributed by atoms with Gasteiger partial charge in [-0.05, 0) is 43.9 Å². The lowest BCUT2D eigenvalue weighted by Gasteiger charge is -2.41. The van der Waals surface area contributed by atoms with Crippen molar-refractivity contribution in [3.63, 3.8) is 0 Å². The molecule has 1 spiro atoms. The van der Waals surface area contributed by atoms with Crippen molar-refractivity contribution in [3.05, 3.63) is 34.9 Å². The monoisotopic (exact) mass is 425 g/mol. The van der Waals surface area contributed by atoms with Crippen molar-refractivity contribution in [3.8, 4) is 0 Å². The molecule has 0 radical (unpaired) electrons. The average Bonchev–Trinajstić information content (AvgIpc) is 2.98. The Labute approximate surface area is 161 Å². The van der Waals surface area contributed by atoms with Gasteiger partial charge in [0, 0.05) is 5.56 Å². The smallest absolute Gasteiger partial charge is 0.416 e. The summed E-state index contributed by atoms with van der Waals surface area (Å²) in [6.07, 6.45) is -7.74. The fraction of sp³-hybridized carbons (Fsp3) is 0.556. The maximum atomic E-state index is 13.1. The van der Waals surface area contributed by atoms with E-state index in [1.165, 1.54) is 0 Å². The van der Waals surface area contributed by atoms with Gasteiger partial charge >= 0.3 is 18.3 Å². The molecule has 0 aromatic heterocycles. The minimum atomic E-state index is -5.12. The summed E-state index contributed by atoms with van der Waals surface area (Å²) in [7, 11) is 0. The molecule has 1 heterocycles. The Hall–Kier alpha value is -2.30. The normalized spacial score (nSPS) is 22.1. The summed E-state index contributed by atoms with van der Waals surface area (Å²) in [6.45, 7) is -0.383. The van der Waals surface area contributed by atoms with Crippen LogP contribution in [0.1, 0.15) is 53.6 Å². The van der Waals surface area contributed by atoms with Gasteiger partial charge in [-0.25, -0.2) is 4.79 Å². The van der Waals surface area contributed by atoms with Crippen LogP contribution in [0.4, 0.5) is 26.3 Å². The molecule has 0 bridgehead atoms. The molecule has 1 N–H and O–H groups in total. The van der Waals surface area contributed by atoms with Gasteiger partial charge in [-0.2, -0.15) is 26.3 Å². The zero-order valence-corrected chi connectivity index (χ0v) is 14.9. The molecule has 3 rings (SSSR count). The number of rotatable bonds is 2. The lowest BCUT2D eigenvalue weighted by atomic mass is 9.89. The average molecular weight is 425 g/mol. The van der Waals surface area contributed by atoms with Crippen molar-refractivity contribution in [2.75, 3.05) is 6.61 Å². The van der Waals surface area contributed by atoms with Crippen LogP contribution in [0.5, 0.6) is 0 Å². The van der Waals surface area contributed by atoms with E-state index in [0.717, 1.165) is 11.3 Å². The number of aliphatic carboxylic acids is 1. The Balaban J connectivity index is 2.10. The summed E-state index contributed by atoms with van der Waals surface area (Å²) in [5, 5.41) is 9.43. The third-order valence-electron chi connectivity index (χ3n) is 5.23. The fourth-order valence-corrected chi connectivity index (χ4v) is 3.88. The van der Waals surface area contributed by atoms with Crippen LogP contribution in [0.15, 0.2) is 18.2 Å². The molecule has 1 aromatic rings. The van der Waals surface area contributed by atoms with Gasteiger partial charge in [0.05, 0.1) is 17.7 Å². The standard InChI is InChI=1S/C18H17F6NO4/c19-17(20,21)11-6-10(7-12(8-11)18(22,23)24)14(26)25-13(15(27)28)9-29-16(25)4-2-1-3-5-16/h6-8,13H,1-5,9H2,(H,27,28)/t13-/m1/s1. The van der Waals surface area contributed by atoms with Gasteiger partial charge in [-0.3, -0.25) is 9.69 Å². The zero-order valence-electron chi connectivity index (χ0n) is 14.9. The van der Waals surface area contributed by atoms with E-state index >= 15 is 0 Å². The largest absolute Gasteiger partial charge is 0.480 e. The number of benzene rings is 1. The van der Waals surface area contributed by atoms with Crippen molar-refractivity contribution in [2.45, 2.75) is 56.2 Å². The molecule has 1 saturated carbocycles. The minimum Gasteiger partial charge on any atom is -0.480 e. The molecular weight excluding hydrogens is 408 g/mol. The van der Waals surface area contributed by atoms with Crippen molar-refractivity contribution in [1.82, 2.24) is 4.90 Å². The van der Waals surface area contributed by atoms with E-state index in [9.17, 15) is 41.0 Å². The van der Waals surface area contributed by atoms with Crippen LogP contribution in [0.2, 0.25) is 0 Å². The number of nitrogens with zero attached hydrogens (tertiary/aromatic N) is 1. The SMILES string of the molecule is O=C(O)[C@H]1COC2(CCCCC2)N1C(=O)c1cc(C(F)(F)F)cc(C(F)(F)F)c1. The minimum absolute atomic E-state index is 0.0810. The summed E-state index contributed by atoms with van der Waals surface area (Å²) in [4.78, 5) is 25.4. The second kappa shape index (κ2) is 7.19. The van der Waals surface area contributed by atoms with Crippen molar-refractivity contribution < 1.29 is 45.8 Å². The van der Waals surface area contributed by atoms with E-state index in [-0.39, 0.29) is 25.5 Å². The molecule has 11 heteroatoms. The highest BCUT2D eigenvalue weighted by Crippen LogP contribution is 2.42. The van der Waals surface area contributed by atoms with Gasteiger partial charge < -0.3 is 9.84 Å². The maximum Gasteiger partial charge on any atom is 0.416 e. The molecule has 5 nitrogen and oxygen atoms in total. The highest BCUT2D eigenvalue weighted by atomic mass is 19.4. The van der Waals surface area contributed by atoms with Gasteiger partial charge in [0.15, 0.2) is 6.04 Å². The van der Waals surface area contributed by atoms with Crippen molar-refractivity contribution in [2.24, 2.45) is 0 Å². The summed E-state index contributed by atoms with van der Waals surface area (Å²) >= 11 is 0. The molecular formula is C18H17F6NO4. The Morgan fingerprint density at radius 3 is 1.93 bits per heavy atom. The number of carbonyl (C=O) groups excluding carboxylic acids is 1. The van der Waals surface area contributed by atoms with Gasteiger partial charge in [-0.15, -0.1) is 0 Å². The number of carboxylic acid groups (broad SMARTS) is 1. The number of hydrogen-bond acceptors (Lipinski definition) is 3. The van der Waals surface area contributed by atoms with Crippen LogP contribution in [-0.2, 0) is 21.9 Å². The number of ether oxygens (including phenoxy) is 1. The lowest BCUT2D eigenvalue weighted by molar-refractivity contribution is -0.144. The number of halogens is 6. The first-order valence-corrected chi connectivity index (χ1v) is 8.85. The Morgan fingerprint density at radius 1 is 0.966 bits per heavy atom. The van der Waals surface area contributed by atoms with E-state index < -0.39 is 52.7 Å². The fourth-order valence-electron chi connectivity index (χ4n) is 3.88. The van der Waals surface area contributed by atoms with E-state index in [1.54, 1.807) is 0 Å². The van der Waals surface area contributed by atoms with Crippen LogP contribution < -0.4 is 0 Å². The summed E-state index contributed by atoms with van der Waals surface area (Å²) < 4.78 is 84.3. The Morgan fingerprint density at radius 2 is 1.48 bits per heavy atom. The molecule has 1 saturated heterocycles. The molecule has 2 fully saturated rings. The third-order valence-corrected chi connectivity index (χ3v) is 5.23. The first kappa shape index (κ1) is 21.4. The predicted octanol–water partition coefficient (Wildman–Crippen LogP) is 4.31. The molecule has 29 heavy (non-hydrogen) atoms. The molecule has 0 unspecified atom stereocenters. The van der Waals surface area contributed by atoms with E-state index in [0.29, 0.717) is 25.0 Å². The van der Waals surface area contributed by atoms with Crippen LogP contribution >= 0.6 is 0 Å². The van der Waals surface area contributed by atoms with Crippen LogP contribution in [0, 0.1) is 0 Å². The second-order valence-corrected chi connectivity index (χ2v) is 7.14. The van der Waals surface area contributed by atoms with E-state index in [1.807, 2.05) is 0 Å². The number of alkyl halides is 6. The molecule has 2 aliphatic rings. The number of carbonyl (C=O) groups is 2. The molecule has 1 amide bonds. The van der Waals surface area contributed by atoms with Crippen LogP contribution in [-0.4, -0.2) is 40.3 Å².